The Labute approximate surface area is 234 Å². The van der Waals surface area contributed by atoms with Crippen LogP contribution in [0.5, 0.6) is 0 Å². The summed E-state index contributed by atoms with van der Waals surface area (Å²) >= 11 is 0. The quantitative estimate of drug-likeness (QED) is 0.180. The zero-order chi connectivity index (χ0) is 32.4. The molecule has 0 aliphatic heterocycles. The van der Waals surface area contributed by atoms with Crippen LogP contribution in [0.15, 0.2) is 24.3 Å². The van der Waals surface area contributed by atoms with E-state index in [9.17, 15) is 52.7 Å². The van der Waals surface area contributed by atoms with Gasteiger partial charge in [0, 0.05) is 24.8 Å². The highest BCUT2D eigenvalue weighted by Gasteiger charge is 2.75. The molecular weight excluding hydrogens is 604 g/mol. The maximum atomic E-state index is 14.2. The molecule has 16 heteroatoms. The van der Waals surface area contributed by atoms with Gasteiger partial charge in [0.25, 0.3) is 11.2 Å². The van der Waals surface area contributed by atoms with Crippen molar-refractivity contribution in [2.24, 2.45) is 11.8 Å². The Hall–Kier alpha value is -1.78. The third kappa shape index (κ3) is 7.46. The lowest BCUT2D eigenvalue weighted by Crippen LogP contribution is -2.58. The van der Waals surface area contributed by atoms with Gasteiger partial charge in [-0.2, -0.15) is 52.7 Å². The Morgan fingerprint density at radius 3 is 1.24 bits per heavy atom. The van der Waals surface area contributed by atoms with Crippen LogP contribution in [-0.4, -0.2) is 57.4 Å². The first-order valence-corrected chi connectivity index (χ1v) is 12.9. The number of hydrogen-bond acceptors (Lipinski definition) is 4. The molecule has 0 bridgehead atoms. The Kier molecular flexibility index (Phi) is 11.3. The molecule has 1 aromatic rings. The number of hydrogen-bond donors (Lipinski definition) is 0. The largest absolute Gasteiger partial charge is 0.430 e. The maximum absolute atomic E-state index is 14.2. The molecule has 0 heterocycles. The fourth-order valence-electron chi connectivity index (χ4n) is 4.91. The van der Waals surface area contributed by atoms with Gasteiger partial charge < -0.3 is 18.9 Å². The van der Waals surface area contributed by atoms with Gasteiger partial charge in [-0.3, -0.25) is 0 Å². The number of methoxy groups -OCH3 is 1. The van der Waals surface area contributed by atoms with Gasteiger partial charge in [0.05, 0.1) is 12.7 Å². The van der Waals surface area contributed by atoms with Crippen molar-refractivity contribution in [1.82, 2.24) is 0 Å². The molecule has 1 unspecified atom stereocenters. The van der Waals surface area contributed by atoms with E-state index in [2.05, 4.69) is 9.47 Å². The lowest BCUT2D eigenvalue weighted by Gasteiger charge is -2.40. The minimum atomic E-state index is -6.26. The summed E-state index contributed by atoms with van der Waals surface area (Å²) in [5, 5.41) is 0. The molecule has 0 amide bonds. The Bertz CT molecular complexity index is 947. The lowest BCUT2D eigenvalue weighted by atomic mass is 9.83. The average molecular weight is 637 g/mol. The molecule has 1 atom stereocenters. The van der Waals surface area contributed by atoms with Crippen molar-refractivity contribution in [3.8, 4) is 0 Å². The van der Waals surface area contributed by atoms with E-state index in [-0.39, 0.29) is 55.9 Å². The van der Waals surface area contributed by atoms with Crippen LogP contribution >= 0.6 is 0 Å². The van der Waals surface area contributed by atoms with E-state index in [1.807, 2.05) is 13.8 Å². The van der Waals surface area contributed by atoms with Crippen LogP contribution in [0.2, 0.25) is 0 Å². The first-order valence-electron chi connectivity index (χ1n) is 12.9. The Morgan fingerprint density at radius 1 is 0.595 bits per heavy atom. The van der Waals surface area contributed by atoms with Crippen LogP contribution < -0.4 is 0 Å². The molecule has 0 radical (unpaired) electrons. The van der Waals surface area contributed by atoms with E-state index in [0.29, 0.717) is 32.3 Å². The Balaban J connectivity index is 2.35. The van der Waals surface area contributed by atoms with Gasteiger partial charge in [0.1, 0.15) is 0 Å². The van der Waals surface area contributed by atoms with E-state index in [1.165, 1.54) is 0 Å². The second-order valence-corrected chi connectivity index (χ2v) is 10.4. The summed E-state index contributed by atoms with van der Waals surface area (Å²) in [6, 6.07) is -0.645. The number of ether oxygens (including phenoxy) is 4. The minimum Gasteiger partial charge on any atom is -0.379 e. The summed E-state index contributed by atoms with van der Waals surface area (Å²) in [6.45, 7) is 4.80. The second-order valence-electron chi connectivity index (χ2n) is 10.4. The molecule has 244 valence electrons. The first-order chi connectivity index (χ1) is 19.0. The van der Waals surface area contributed by atoms with Crippen LogP contribution in [-0.2, 0) is 30.1 Å². The van der Waals surface area contributed by atoms with Gasteiger partial charge in [-0.15, -0.1) is 0 Å². The summed E-state index contributed by atoms with van der Waals surface area (Å²) in [6.07, 6.45) is -24.4. The van der Waals surface area contributed by atoms with Crippen molar-refractivity contribution in [2.45, 2.75) is 94.8 Å². The van der Waals surface area contributed by atoms with Crippen LogP contribution in [0.25, 0.3) is 0 Å². The smallest absolute Gasteiger partial charge is 0.379 e. The van der Waals surface area contributed by atoms with Crippen molar-refractivity contribution < 1.29 is 71.6 Å². The molecule has 0 aromatic heterocycles. The van der Waals surface area contributed by atoms with E-state index < -0.39 is 53.3 Å². The number of halogens is 12. The highest BCUT2D eigenvalue weighted by atomic mass is 19.4. The van der Waals surface area contributed by atoms with Gasteiger partial charge in [-0.25, -0.2) is 0 Å². The molecule has 1 fully saturated rings. The van der Waals surface area contributed by atoms with Crippen molar-refractivity contribution in [3.63, 3.8) is 0 Å². The summed E-state index contributed by atoms with van der Waals surface area (Å²) in [7, 11) is 0.0542. The molecule has 1 aliphatic carbocycles. The van der Waals surface area contributed by atoms with Crippen molar-refractivity contribution in [3.05, 3.63) is 35.4 Å². The molecule has 0 N–H and O–H groups in total. The molecule has 2 rings (SSSR count). The molecule has 0 saturated heterocycles. The topological polar surface area (TPSA) is 36.9 Å². The number of benzene rings is 1. The highest BCUT2D eigenvalue weighted by molar-refractivity contribution is 5.35. The van der Waals surface area contributed by atoms with Gasteiger partial charge in [0.15, 0.2) is 6.29 Å². The normalized spacial score (nSPS) is 20.7. The summed E-state index contributed by atoms with van der Waals surface area (Å²) in [4.78, 5) is 0. The summed E-state index contributed by atoms with van der Waals surface area (Å²) in [5.74, 6) is 0.0543. The lowest BCUT2D eigenvalue weighted by molar-refractivity contribution is -0.416. The van der Waals surface area contributed by atoms with Crippen LogP contribution in [0, 0.1) is 11.8 Å². The predicted octanol–water partition coefficient (Wildman–Crippen LogP) is 8.58. The predicted molar refractivity (Wildman–Crippen MR) is 124 cm³/mol. The fraction of sp³-hybridized carbons (Fsp3) is 0.769. The van der Waals surface area contributed by atoms with Crippen molar-refractivity contribution in [2.75, 3.05) is 20.3 Å². The van der Waals surface area contributed by atoms with Gasteiger partial charge >= 0.3 is 24.7 Å². The van der Waals surface area contributed by atoms with Gasteiger partial charge in [0.2, 0.25) is 0 Å². The highest BCUT2D eigenvalue weighted by Crippen LogP contribution is 2.56. The molecule has 0 spiro atoms. The monoisotopic (exact) mass is 636 g/mol. The van der Waals surface area contributed by atoms with Crippen LogP contribution in [0.4, 0.5) is 52.7 Å². The molecule has 1 aliphatic rings. The first kappa shape index (κ1) is 36.4. The number of rotatable bonds is 11. The van der Waals surface area contributed by atoms with Gasteiger partial charge in [-0.05, 0) is 58.3 Å². The molecular formula is C26H32F12O4. The summed E-state index contributed by atoms with van der Waals surface area (Å²) in [5.41, 5.74) is -13.8. The van der Waals surface area contributed by atoms with Crippen molar-refractivity contribution in [1.29, 1.82) is 0 Å². The Morgan fingerprint density at radius 2 is 0.929 bits per heavy atom. The maximum Gasteiger partial charge on any atom is 0.430 e. The molecule has 42 heavy (non-hydrogen) atoms. The molecule has 1 saturated carbocycles. The fourth-order valence-corrected chi connectivity index (χ4v) is 4.91. The van der Waals surface area contributed by atoms with Crippen LogP contribution in [0.1, 0.15) is 57.6 Å². The van der Waals surface area contributed by atoms with E-state index in [4.69, 9.17) is 9.47 Å². The average Bonchev–Trinajstić information content (AvgIpc) is 2.83. The van der Waals surface area contributed by atoms with E-state index in [1.54, 1.807) is 0 Å². The summed E-state index contributed by atoms with van der Waals surface area (Å²) < 4.78 is 185. The third-order valence-corrected chi connectivity index (χ3v) is 7.14. The SMILES string of the molecule is COC(c1ccc(C(OC(C)OCC2CCC(COC(C)C)CC2)(C(F)(F)F)C(F)(F)F)cc1)(C(F)(F)F)C(F)(F)F. The number of alkyl halides is 12. The van der Waals surface area contributed by atoms with Crippen molar-refractivity contribution >= 4 is 0 Å². The van der Waals surface area contributed by atoms with E-state index in [0.717, 1.165) is 6.92 Å². The second kappa shape index (κ2) is 13.1. The molecule has 1 aromatic carbocycles. The van der Waals surface area contributed by atoms with Crippen LogP contribution in [0.3, 0.4) is 0 Å². The van der Waals surface area contributed by atoms with E-state index >= 15 is 0 Å². The zero-order valence-corrected chi connectivity index (χ0v) is 23.0. The van der Waals surface area contributed by atoms with Gasteiger partial charge in [-0.1, -0.05) is 24.3 Å². The third-order valence-electron chi connectivity index (χ3n) is 7.14. The zero-order valence-electron chi connectivity index (χ0n) is 23.0. The standard InChI is InChI=1S/C26H32F12O4/c1-15(2)40-13-17-5-7-18(8-6-17)14-41-16(3)42-22(25(33,34)35,26(36,37)38)20-11-9-19(10-12-20)21(39-4,23(27,28)29)24(30,31)32/h9-12,15-18H,5-8,13-14H2,1-4H3. The molecule has 4 nitrogen and oxygen atoms in total. The minimum absolute atomic E-state index is 0.0274.